The summed E-state index contributed by atoms with van der Waals surface area (Å²) in [5.74, 6) is 0.784. The molecular formula is C18H17BClF4NO2. The van der Waals surface area contributed by atoms with Crippen LogP contribution in [0.4, 0.5) is 17.3 Å². The molecule has 0 amide bonds. The van der Waals surface area contributed by atoms with Gasteiger partial charge in [0, 0.05) is 29.1 Å². The van der Waals surface area contributed by atoms with Crippen molar-refractivity contribution in [3.63, 3.8) is 0 Å². The van der Waals surface area contributed by atoms with Crippen molar-refractivity contribution in [3.8, 4) is 11.3 Å². The normalized spacial score (nSPS) is 12.0. The fraction of sp³-hybridized carbons (Fsp3) is 0.167. The predicted octanol–water partition coefficient (Wildman–Crippen LogP) is 5.71. The van der Waals surface area contributed by atoms with E-state index < -0.39 is 7.25 Å². The Morgan fingerprint density at radius 2 is 1.74 bits per heavy atom. The summed E-state index contributed by atoms with van der Waals surface area (Å²) in [6, 6.07) is 17.5. The minimum Gasteiger partial charge on any atom is -0.456 e. The monoisotopic (exact) mass is 401 g/mol. The van der Waals surface area contributed by atoms with Gasteiger partial charge in [-0.2, -0.15) is 0 Å². The Bertz CT molecular complexity index is 946. The summed E-state index contributed by atoms with van der Waals surface area (Å²) in [5.41, 5.74) is 1.78. The molecule has 9 heteroatoms. The molecule has 0 unspecified atom stereocenters. The fourth-order valence-corrected chi connectivity index (χ4v) is 2.45. The molecule has 3 rings (SSSR count). The zero-order chi connectivity index (χ0) is 19.9. The van der Waals surface area contributed by atoms with Crippen LogP contribution in [0.3, 0.4) is 0 Å². The molecule has 0 spiro atoms. The molecule has 0 fully saturated rings. The summed E-state index contributed by atoms with van der Waals surface area (Å²) in [4.78, 5) is 4.61. The van der Waals surface area contributed by atoms with Gasteiger partial charge in [-0.15, -0.1) is 0 Å². The second-order valence-electron chi connectivity index (χ2n) is 5.37. The average molecular weight is 402 g/mol. The van der Waals surface area contributed by atoms with Crippen molar-refractivity contribution >= 4 is 29.8 Å². The molecule has 0 atom stereocenters. The molecule has 1 aromatic heterocycles. The van der Waals surface area contributed by atoms with Crippen molar-refractivity contribution in [1.29, 1.82) is 0 Å². The van der Waals surface area contributed by atoms with E-state index in [0.29, 0.717) is 18.2 Å². The zero-order valence-electron chi connectivity index (χ0n) is 15.3. The highest BCUT2D eigenvalue weighted by atomic mass is 35.5. The molecule has 0 N–H and O–H groups in total. The molecule has 27 heavy (non-hydrogen) atoms. The Morgan fingerprint density at radius 1 is 1.07 bits per heavy atom. The molecule has 0 bridgehead atoms. The maximum absolute atomic E-state index is 9.75. The molecule has 1 heterocycles. The number of rotatable bonds is 4. The van der Waals surface area contributed by atoms with Crippen molar-refractivity contribution in [2.24, 2.45) is 4.99 Å². The number of fused-ring (bicyclic) bond motifs is 1. The molecule has 2 aromatic carbocycles. The van der Waals surface area contributed by atoms with Gasteiger partial charge in [0.15, 0.2) is 0 Å². The number of hydrogen-bond donors (Lipinski definition) is 0. The Labute approximate surface area is 159 Å². The van der Waals surface area contributed by atoms with E-state index in [9.17, 15) is 17.3 Å². The van der Waals surface area contributed by atoms with E-state index in [4.69, 9.17) is 20.8 Å². The first-order valence-electron chi connectivity index (χ1n) is 7.93. The average Bonchev–Trinajstić information content (AvgIpc) is 2.61. The maximum atomic E-state index is 9.75. The summed E-state index contributed by atoms with van der Waals surface area (Å²) in [6.07, 6.45) is 0. The number of hydrogen-bond acceptors (Lipinski definition) is 3. The lowest BCUT2D eigenvalue weighted by Crippen LogP contribution is -2.07. The van der Waals surface area contributed by atoms with Crippen LogP contribution in [-0.2, 0) is 4.74 Å². The molecule has 0 aliphatic heterocycles. The van der Waals surface area contributed by atoms with Crippen molar-refractivity contribution in [1.82, 2.24) is 0 Å². The summed E-state index contributed by atoms with van der Waals surface area (Å²) < 4.78 is 50.1. The second kappa shape index (κ2) is 9.57. The smallest absolute Gasteiger partial charge is 0.456 e. The van der Waals surface area contributed by atoms with Crippen molar-refractivity contribution < 1.29 is 27.8 Å². The molecule has 0 radical (unpaired) electrons. The summed E-state index contributed by atoms with van der Waals surface area (Å²) in [7, 11) is -4.33. The number of nitrogens with zero attached hydrogens (tertiary/aromatic N) is 1. The van der Waals surface area contributed by atoms with Gasteiger partial charge >= 0.3 is 8.68 Å². The highest BCUT2D eigenvalue weighted by molar-refractivity contribution is 6.50. The van der Waals surface area contributed by atoms with Crippen molar-refractivity contribution in [2.75, 3.05) is 20.3 Å². The first-order chi connectivity index (χ1) is 12.8. The van der Waals surface area contributed by atoms with Gasteiger partial charge in [-0.05, 0) is 18.2 Å². The van der Waals surface area contributed by atoms with E-state index in [1.54, 1.807) is 7.11 Å². The number of halogens is 5. The minimum absolute atomic E-state index is 0. The fourth-order valence-electron chi connectivity index (χ4n) is 2.27. The third-order valence-electron chi connectivity index (χ3n) is 3.34. The van der Waals surface area contributed by atoms with E-state index >= 15 is 0 Å². The highest BCUT2D eigenvalue weighted by Crippen LogP contribution is 2.23. The zero-order valence-corrected chi connectivity index (χ0v) is 15.1. The molecular weight excluding hydrogens is 384 g/mol. The summed E-state index contributed by atoms with van der Waals surface area (Å²) in [6.45, 7) is 1.17. The van der Waals surface area contributed by atoms with Gasteiger partial charge < -0.3 is 26.4 Å². The topological polar surface area (TPSA) is 34.7 Å². The van der Waals surface area contributed by atoms with Crippen LogP contribution < -0.4 is 5.36 Å². The molecule has 0 aliphatic rings. The van der Waals surface area contributed by atoms with Crippen LogP contribution in [-0.4, -0.2) is 27.5 Å². The van der Waals surface area contributed by atoms with E-state index in [2.05, 4.69) is 4.99 Å². The quantitative estimate of drug-likeness (QED) is 0.319. The Kier molecular flexibility index (Phi) is 7.44. The number of methoxy groups -OCH3 is 1. The SMILES string of the molecule is COCCN=c1cc(-c2ccccc2)oc2ccc(Cl)cc12.F[B-](F)(F)F.[H+]. The van der Waals surface area contributed by atoms with Gasteiger partial charge in [0.1, 0.15) is 11.3 Å². The lowest BCUT2D eigenvalue weighted by atomic mass is 10.1. The largest absolute Gasteiger partial charge is 1.00 e. The first kappa shape index (κ1) is 21.0. The molecule has 0 saturated carbocycles. The van der Waals surface area contributed by atoms with E-state index in [1.807, 2.05) is 54.6 Å². The molecule has 3 nitrogen and oxygen atoms in total. The lowest BCUT2D eigenvalue weighted by Gasteiger charge is -2.05. The van der Waals surface area contributed by atoms with Crippen LogP contribution in [0.2, 0.25) is 5.02 Å². The van der Waals surface area contributed by atoms with Gasteiger partial charge in [-0.25, -0.2) is 0 Å². The van der Waals surface area contributed by atoms with Crippen LogP contribution in [0.25, 0.3) is 22.3 Å². The third kappa shape index (κ3) is 7.07. The van der Waals surface area contributed by atoms with Crippen LogP contribution in [0.1, 0.15) is 1.43 Å². The molecule has 0 saturated heterocycles. The second-order valence-corrected chi connectivity index (χ2v) is 5.81. The van der Waals surface area contributed by atoms with Crippen LogP contribution in [0.5, 0.6) is 0 Å². The summed E-state index contributed by atoms with van der Waals surface area (Å²) >= 11 is 6.10. The van der Waals surface area contributed by atoms with Crippen LogP contribution in [0, 0.1) is 0 Å². The lowest BCUT2D eigenvalue weighted by molar-refractivity contribution is 0.207. The Hall–Kier alpha value is -2.32. The van der Waals surface area contributed by atoms with E-state index in [1.165, 1.54) is 0 Å². The summed E-state index contributed by atoms with van der Waals surface area (Å²) in [5, 5.41) is 2.43. The maximum Gasteiger partial charge on any atom is 1.00 e. The van der Waals surface area contributed by atoms with Crippen LogP contribution >= 0.6 is 11.6 Å². The molecule has 144 valence electrons. The molecule has 3 aromatic rings. The Morgan fingerprint density at radius 3 is 2.37 bits per heavy atom. The predicted molar refractivity (Wildman–Crippen MR) is 100 cm³/mol. The van der Waals surface area contributed by atoms with Gasteiger partial charge in [0.2, 0.25) is 0 Å². The third-order valence-corrected chi connectivity index (χ3v) is 3.58. The van der Waals surface area contributed by atoms with Crippen LogP contribution in [0.15, 0.2) is 64.0 Å². The number of ether oxygens (including phenoxy) is 1. The van der Waals surface area contributed by atoms with Gasteiger partial charge in [0.05, 0.1) is 18.5 Å². The van der Waals surface area contributed by atoms with E-state index in [0.717, 1.165) is 27.7 Å². The number of benzene rings is 2. The van der Waals surface area contributed by atoms with Crippen molar-refractivity contribution in [3.05, 3.63) is 65.0 Å². The van der Waals surface area contributed by atoms with Gasteiger partial charge in [-0.3, -0.25) is 4.99 Å². The van der Waals surface area contributed by atoms with Crippen molar-refractivity contribution in [2.45, 2.75) is 0 Å². The van der Waals surface area contributed by atoms with Gasteiger partial charge in [0.25, 0.3) is 0 Å². The van der Waals surface area contributed by atoms with Gasteiger partial charge in [-0.1, -0.05) is 41.9 Å². The highest BCUT2D eigenvalue weighted by Gasteiger charge is 2.20. The standard InChI is InChI=1S/C18H16ClNO2.BF4/c1-21-10-9-20-16-12-18(13-5-3-2-4-6-13)22-17-8-7-14(19)11-15(16)17;2-1(3,4)5/h2-8,11-12H,9-10H2,1H3;/q;-1/p+1. The Balaban J connectivity index is 0.000000584. The first-order valence-corrected chi connectivity index (χ1v) is 8.31. The minimum atomic E-state index is -6.00. The molecule has 0 aliphatic carbocycles. The van der Waals surface area contributed by atoms with E-state index in [-0.39, 0.29) is 1.43 Å².